The van der Waals surface area contributed by atoms with Crippen molar-refractivity contribution >= 4 is 11.8 Å². The molecule has 0 spiro atoms. The summed E-state index contributed by atoms with van der Waals surface area (Å²) in [7, 11) is 0. The van der Waals surface area contributed by atoms with Gasteiger partial charge in [0.05, 0.1) is 0 Å². The maximum absolute atomic E-state index is 11.0. The first-order chi connectivity index (χ1) is 7.72. The fourth-order valence-corrected chi connectivity index (χ4v) is 1.84. The summed E-state index contributed by atoms with van der Waals surface area (Å²) in [5.41, 5.74) is 0.983. The maximum Gasteiger partial charge on any atom is 0.251 e. The summed E-state index contributed by atoms with van der Waals surface area (Å²) in [6.07, 6.45) is 2.63. The highest BCUT2D eigenvalue weighted by molar-refractivity contribution is 7.99. The van der Waals surface area contributed by atoms with Crippen LogP contribution in [0.1, 0.15) is 13.3 Å². The zero-order valence-corrected chi connectivity index (χ0v) is 10.3. The number of rotatable bonds is 7. The topological polar surface area (TPSA) is 57.8 Å². The van der Waals surface area contributed by atoms with Crippen LogP contribution in [-0.2, 0) is 0 Å². The Kier molecular flexibility index (Phi) is 5.88. The van der Waals surface area contributed by atoms with E-state index in [-0.39, 0.29) is 5.56 Å². The average Bonchev–Trinajstić information content (AvgIpc) is 2.27. The molecule has 0 aliphatic heterocycles. The fourth-order valence-electron chi connectivity index (χ4n) is 1.09. The molecule has 2 N–H and O–H groups in total. The molecule has 0 bridgehead atoms. The number of hydrogen-bond acceptors (Lipinski definition) is 4. The second-order valence-corrected chi connectivity index (χ2v) is 4.42. The van der Waals surface area contributed by atoms with Crippen molar-refractivity contribution in [2.45, 2.75) is 18.5 Å². The molecule has 0 amide bonds. The Bertz CT molecular complexity index is 389. The molecule has 0 aliphatic rings. The molecule has 0 atom stereocenters. The standard InChI is InChI=1S/C11H17N3OS/c1-3-5-12-7-9(2)8-16-11-13-6-4-10(15)14-11/h4,6,12H,2-3,5,7-8H2,1H3,(H,13,14,15). The molecular formula is C11H17N3OS. The molecule has 1 aromatic heterocycles. The highest BCUT2D eigenvalue weighted by Crippen LogP contribution is 2.12. The lowest BCUT2D eigenvalue weighted by Crippen LogP contribution is -2.18. The molecule has 16 heavy (non-hydrogen) atoms. The normalized spacial score (nSPS) is 10.3. The van der Waals surface area contributed by atoms with Crippen LogP contribution in [0.3, 0.4) is 0 Å². The smallest absolute Gasteiger partial charge is 0.251 e. The third kappa shape index (κ3) is 5.14. The first-order valence-corrected chi connectivity index (χ1v) is 6.26. The van der Waals surface area contributed by atoms with Gasteiger partial charge in [0.1, 0.15) is 0 Å². The van der Waals surface area contributed by atoms with Crippen LogP contribution in [0.2, 0.25) is 0 Å². The number of H-pyrrole nitrogens is 1. The predicted octanol–water partition coefficient (Wildman–Crippen LogP) is 1.42. The lowest BCUT2D eigenvalue weighted by atomic mass is 10.3. The second kappa shape index (κ2) is 7.24. The number of aromatic nitrogens is 2. The molecule has 1 rings (SSSR count). The number of nitrogens with zero attached hydrogens (tertiary/aromatic N) is 1. The summed E-state index contributed by atoms with van der Waals surface area (Å²) in [4.78, 5) is 17.7. The molecule has 1 heterocycles. The van der Waals surface area contributed by atoms with Gasteiger partial charge in [0.25, 0.3) is 5.56 Å². The van der Waals surface area contributed by atoms with Gasteiger partial charge < -0.3 is 10.3 Å². The Balaban J connectivity index is 2.29. The van der Waals surface area contributed by atoms with E-state index in [1.165, 1.54) is 24.0 Å². The Morgan fingerprint density at radius 1 is 1.69 bits per heavy atom. The van der Waals surface area contributed by atoms with Crippen molar-refractivity contribution in [2.24, 2.45) is 0 Å². The van der Waals surface area contributed by atoms with Crippen molar-refractivity contribution in [1.82, 2.24) is 15.3 Å². The number of thioether (sulfide) groups is 1. The van der Waals surface area contributed by atoms with E-state index in [1.54, 1.807) is 0 Å². The summed E-state index contributed by atoms with van der Waals surface area (Å²) in [6, 6.07) is 1.40. The van der Waals surface area contributed by atoms with Gasteiger partial charge >= 0.3 is 0 Å². The Labute approximate surface area is 99.6 Å². The van der Waals surface area contributed by atoms with Crippen molar-refractivity contribution in [3.8, 4) is 0 Å². The van der Waals surface area contributed by atoms with Crippen molar-refractivity contribution in [1.29, 1.82) is 0 Å². The summed E-state index contributed by atoms with van der Waals surface area (Å²) in [5, 5.41) is 3.92. The first-order valence-electron chi connectivity index (χ1n) is 5.28. The van der Waals surface area contributed by atoms with Crippen LogP contribution >= 0.6 is 11.8 Å². The van der Waals surface area contributed by atoms with Gasteiger partial charge in [-0.05, 0) is 13.0 Å². The molecule has 0 saturated carbocycles. The zero-order valence-electron chi connectivity index (χ0n) is 9.45. The van der Waals surface area contributed by atoms with Gasteiger partial charge in [-0.2, -0.15) is 0 Å². The Morgan fingerprint density at radius 3 is 3.19 bits per heavy atom. The lowest BCUT2D eigenvalue weighted by Gasteiger charge is -2.05. The van der Waals surface area contributed by atoms with Crippen molar-refractivity contribution < 1.29 is 0 Å². The predicted molar refractivity (Wildman–Crippen MR) is 67.9 cm³/mol. The minimum absolute atomic E-state index is 0.118. The number of hydrogen-bond donors (Lipinski definition) is 2. The van der Waals surface area contributed by atoms with E-state index < -0.39 is 0 Å². The second-order valence-electron chi connectivity index (χ2n) is 3.45. The van der Waals surface area contributed by atoms with Crippen LogP contribution in [0, 0.1) is 0 Å². The molecule has 0 radical (unpaired) electrons. The van der Waals surface area contributed by atoms with Gasteiger partial charge in [-0.25, -0.2) is 4.98 Å². The third-order valence-corrected chi connectivity index (χ3v) is 2.90. The SMILES string of the molecule is C=C(CNCCC)CSc1nccc(=O)[nH]1. The monoisotopic (exact) mass is 239 g/mol. The first kappa shape index (κ1) is 13.0. The van der Waals surface area contributed by atoms with Gasteiger partial charge in [0.15, 0.2) is 5.16 Å². The Morgan fingerprint density at radius 2 is 2.50 bits per heavy atom. The third-order valence-electron chi connectivity index (χ3n) is 1.86. The molecule has 0 unspecified atom stereocenters. The number of aromatic amines is 1. The van der Waals surface area contributed by atoms with Gasteiger partial charge in [-0.1, -0.05) is 30.8 Å². The van der Waals surface area contributed by atoms with Crippen LogP contribution in [0.25, 0.3) is 0 Å². The largest absolute Gasteiger partial charge is 0.313 e. The molecule has 0 saturated heterocycles. The molecule has 0 aliphatic carbocycles. The van der Waals surface area contributed by atoms with E-state index in [2.05, 4.69) is 28.8 Å². The summed E-state index contributed by atoms with van der Waals surface area (Å²) in [5.74, 6) is 0.768. The van der Waals surface area contributed by atoms with Crippen molar-refractivity contribution in [2.75, 3.05) is 18.8 Å². The van der Waals surface area contributed by atoms with E-state index in [9.17, 15) is 4.79 Å². The van der Waals surface area contributed by atoms with Gasteiger partial charge in [0.2, 0.25) is 0 Å². The maximum atomic E-state index is 11.0. The molecular weight excluding hydrogens is 222 g/mol. The molecule has 0 aromatic carbocycles. The molecule has 5 heteroatoms. The van der Waals surface area contributed by atoms with Crippen molar-refractivity contribution in [3.63, 3.8) is 0 Å². The van der Waals surface area contributed by atoms with E-state index in [1.807, 2.05) is 0 Å². The zero-order chi connectivity index (χ0) is 11.8. The van der Waals surface area contributed by atoms with Crippen LogP contribution in [0.4, 0.5) is 0 Å². The fraction of sp³-hybridized carbons (Fsp3) is 0.455. The van der Waals surface area contributed by atoms with Gasteiger partial charge in [0, 0.05) is 24.6 Å². The van der Waals surface area contributed by atoms with Crippen LogP contribution in [0.5, 0.6) is 0 Å². The number of nitrogens with one attached hydrogen (secondary N) is 2. The van der Waals surface area contributed by atoms with E-state index >= 15 is 0 Å². The van der Waals surface area contributed by atoms with Crippen LogP contribution in [0.15, 0.2) is 34.4 Å². The highest BCUT2D eigenvalue weighted by Gasteiger charge is 1.99. The van der Waals surface area contributed by atoms with Crippen molar-refractivity contribution in [3.05, 3.63) is 34.8 Å². The van der Waals surface area contributed by atoms with E-state index in [4.69, 9.17) is 0 Å². The quantitative estimate of drug-likeness (QED) is 0.327. The van der Waals surface area contributed by atoms with E-state index in [0.29, 0.717) is 5.16 Å². The minimum atomic E-state index is -0.118. The highest BCUT2D eigenvalue weighted by atomic mass is 32.2. The van der Waals surface area contributed by atoms with E-state index in [0.717, 1.165) is 30.8 Å². The lowest BCUT2D eigenvalue weighted by molar-refractivity contribution is 0.715. The minimum Gasteiger partial charge on any atom is -0.313 e. The molecule has 0 fully saturated rings. The van der Waals surface area contributed by atoms with Gasteiger partial charge in [-0.15, -0.1) is 0 Å². The Hall–Kier alpha value is -1.07. The summed E-state index contributed by atoms with van der Waals surface area (Å²) < 4.78 is 0. The summed E-state index contributed by atoms with van der Waals surface area (Å²) in [6.45, 7) is 7.91. The van der Waals surface area contributed by atoms with Crippen LogP contribution in [-0.4, -0.2) is 28.8 Å². The van der Waals surface area contributed by atoms with Crippen LogP contribution < -0.4 is 10.9 Å². The molecule has 4 nitrogen and oxygen atoms in total. The molecule has 1 aromatic rings. The van der Waals surface area contributed by atoms with Gasteiger partial charge in [-0.3, -0.25) is 4.79 Å². The molecule has 88 valence electrons. The average molecular weight is 239 g/mol. The summed E-state index contributed by atoms with van der Waals surface area (Å²) >= 11 is 1.49.